The van der Waals surface area contributed by atoms with E-state index in [0.717, 1.165) is 16.7 Å². The summed E-state index contributed by atoms with van der Waals surface area (Å²) in [4.78, 5) is 27.2. The first-order valence-electron chi connectivity index (χ1n) is 10.1. The van der Waals surface area contributed by atoms with Crippen molar-refractivity contribution in [3.8, 4) is 5.75 Å². The third-order valence-corrected chi connectivity index (χ3v) is 4.73. The number of rotatable bonds is 9. The molecule has 0 aliphatic carbocycles. The second-order valence-corrected chi connectivity index (χ2v) is 7.88. The van der Waals surface area contributed by atoms with Gasteiger partial charge in [-0.2, -0.15) is 0 Å². The van der Waals surface area contributed by atoms with Crippen LogP contribution in [0.15, 0.2) is 48.5 Å². The van der Waals surface area contributed by atoms with Crippen LogP contribution in [0.25, 0.3) is 0 Å². The second kappa shape index (κ2) is 10.6. The Hall–Kier alpha value is -2.82. The van der Waals surface area contributed by atoms with Crippen molar-refractivity contribution in [2.45, 2.75) is 47.2 Å². The highest BCUT2D eigenvalue weighted by molar-refractivity contribution is 5.88. The van der Waals surface area contributed by atoms with E-state index in [1.54, 1.807) is 11.8 Å². The quantitative estimate of drug-likeness (QED) is 0.700. The van der Waals surface area contributed by atoms with Gasteiger partial charge in [0.1, 0.15) is 11.8 Å². The molecule has 1 atom stereocenters. The second-order valence-electron chi connectivity index (χ2n) is 7.88. The van der Waals surface area contributed by atoms with Crippen LogP contribution in [0.5, 0.6) is 5.75 Å². The lowest BCUT2D eigenvalue weighted by atomic mass is 10.1. The highest BCUT2D eigenvalue weighted by Crippen LogP contribution is 2.19. The van der Waals surface area contributed by atoms with Gasteiger partial charge in [0.15, 0.2) is 6.61 Å². The Bertz CT molecular complexity index is 818. The summed E-state index contributed by atoms with van der Waals surface area (Å²) in [7, 11) is 0. The van der Waals surface area contributed by atoms with Gasteiger partial charge in [0.05, 0.1) is 0 Å². The molecular weight excluding hydrogens is 364 g/mol. The number of benzene rings is 2. The van der Waals surface area contributed by atoms with Crippen molar-refractivity contribution in [3.63, 3.8) is 0 Å². The third-order valence-electron chi connectivity index (χ3n) is 4.73. The van der Waals surface area contributed by atoms with Crippen molar-refractivity contribution >= 4 is 11.8 Å². The fourth-order valence-corrected chi connectivity index (χ4v) is 3.00. The van der Waals surface area contributed by atoms with Crippen LogP contribution in [0.1, 0.15) is 37.5 Å². The zero-order chi connectivity index (χ0) is 21.4. The largest absolute Gasteiger partial charge is 0.483 e. The molecule has 29 heavy (non-hydrogen) atoms. The van der Waals surface area contributed by atoms with Crippen LogP contribution >= 0.6 is 0 Å². The number of nitrogens with one attached hydrogen (secondary N) is 1. The molecule has 0 spiro atoms. The van der Waals surface area contributed by atoms with Crippen LogP contribution < -0.4 is 10.1 Å². The number of aryl methyl sites for hydroxylation is 2. The number of carbonyl (C=O) groups is 2. The Morgan fingerprint density at radius 3 is 2.34 bits per heavy atom. The average Bonchev–Trinajstić information content (AvgIpc) is 2.69. The summed E-state index contributed by atoms with van der Waals surface area (Å²) in [5.41, 5.74) is 3.09. The van der Waals surface area contributed by atoms with Gasteiger partial charge in [-0.15, -0.1) is 0 Å². The van der Waals surface area contributed by atoms with E-state index in [0.29, 0.717) is 24.8 Å². The van der Waals surface area contributed by atoms with Gasteiger partial charge in [-0.25, -0.2) is 0 Å². The van der Waals surface area contributed by atoms with Crippen LogP contribution in [-0.2, 0) is 16.1 Å². The van der Waals surface area contributed by atoms with Crippen LogP contribution in [0.2, 0.25) is 0 Å². The maximum atomic E-state index is 13.0. The molecule has 0 unspecified atom stereocenters. The number of amides is 2. The van der Waals surface area contributed by atoms with Crippen molar-refractivity contribution in [1.29, 1.82) is 0 Å². The fraction of sp³-hybridized carbons (Fsp3) is 0.417. The van der Waals surface area contributed by atoms with Gasteiger partial charge in [-0.3, -0.25) is 9.59 Å². The average molecular weight is 397 g/mol. The van der Waals surface area contributed by atoms with E-state index in [1.165, 1.54) is 0 Å². The molecule has 0 saturated carbocycles. The number of ether oxygens (including phenoxy) is 1. The van der Waals surface area contributed by atoms with Gasteiger partial charge in [-0.1, -0.05) is 61.9 Å². The van der Waals surface area contributed by atoms with E-state index in [4.69, 9.17) is 4.74 Å². The van der Waals surface area contributed by atoms with E-state index in [1.807, 2.05) is 76.2 Å². The lowest BCUT2D eigenvalue weighted by Crippen LogP contribution is -2.49. The summed E-state index contributed by atoms with van der Waals surface area (Å²) in [6.45, 7) is 10.6. The minimum atomic E-state index is -0.593. The molecule has 5 nitrogen and oxygen atoms in total. The predicted octanol–water partition coefficient (Wildman–Crippen LogP) is 3.87. The summed E-state index contributed by atoms with van der Waals surface area (Å²) < 4.78 is 5.78. The third kappa shape index (κ3) is 6.93. The zero-order valence-corrected chi connectivity index (χ0v) is 18.1. The fourth-order valence-electron chi connectivity index (χ4n) is 3.00. The van der Waals surface area contributed by atoms with Gasteiger partial charge in [0.25, 0.3) is 5.91 Å². The normalized spacial score (nSPS) is 11.8. The Labute approximate surface area is 174 Å². The summed E-state index contributed by atoms with van der Waals surface area (Å²) >= 11 is 0. The van der Waals surface area contributed by atoms with Crippen LogP contribution in [0.3, 0.4) is 0 Å². The van der Waals surface area contributed by atoms with Gasteiger partial charge in [0.2, 0.25) is 5.91 Å². The standard InChI is InChI=1S/C24H32N2O3/c1-17(2)14-25-24(28)20(5)26(15-21-9-7-6-8-10-21)23(27)16-29-22-12-11-18(3)13-19(22)4/h6-13,17,20H,14-16H2,1-5H3,(H,25,28)/t20-/m0/s1. The summed E-state index contributed by atoms with van der Waals surface area (Å²) in [6.07, 6.45) is 0. The molecule has 1 N–H and O–H groups in total. The van der Waals surface area contributed by atoms with Crippen molar-refractivity contribution in [2.24, 2.45) is 5.92 Å². The Morgan fingerprint density at radius 2 is 1.72 bits per heavy atom. The van der Waals surface area contributed by atoms with Crippen molar-refractivity contribution in [1.82, 2.24) is 10.2 Å². The van der Waals surface area contributed by atoms with Crippen molar-refractivity contribution < 1.29 is 14.3 Å². The van der Waals surface area contributed by atoms with Gasteiger partial charge in [0, 0.05) is 13.1 Å². The number of nitrogens with zero attached hydrogens (tertiary/aromatic N) is 1. The summed E-state index contributed by atoms with van der Waals surface area (Å²) in [5.74, 6) is 0.647. The maximum Gasteiger partial charge on any atom is 0.261 e. The van der Waals surface area contributed by atoms with E-state index >= 15 is 0 Å². The summed E-state index contributed by atoms with van der Waals surface area (Å²) in [5, 5.41) is 2.92. The first-order chi connectivity index (χ1) is 13.8. The molecule has 2 amide bonds. The number of hydrogen-bond donors (Lipinski definition) is 1. The van der Waals surface area contributed by atoms with E-state index < -0.39 is 6.04 Å². The molecule has 0 aliphatic rings. The molecule has 0 aliphatic heterocycles. The van der Waals surface area contributed by atoms with Crippen molar-refractivity contribution in [2.75, 3.05) is 13.2 Å². The SMILES string of the molecule is Cc1ccc(OCC(=O)N(Cc2ccccc2)[C@@H](C)C(=O)NCC(C)C)c(C)c1. The maximum absolute atomic E-state index is 13.0. The van der Waals surface area contributed by atoms with Gasteiger partial charge in [-0.05, 0) is 43.9 Å². The van der Waals surface area contributed by atoms with Gasteiger partial charge < -0.3 is 15.0 Å². The smallest absolute Gasteiger partial charge is 0.261 e. The van der Waals surface area contributed by atoms with E-state index in [2.05, 4.69) is 5.32 Å². The molecule has 156 valence electrons. The highest BCUT2D eigenvalue weighted by atomic mass is 16.5. The Morgan fingerprint density at radius 1 is 1.03 bits per heavy atom. The summed E-state index contributed by atoms with van der Waals surface area (Å²) in [6, 6.07) is 14.9. The number of hydrogen-bond acceptors (Lipinski definition) is 3. The van der Waals surface area contributed by atoms with Crippen molar-refractivity contribution in [3.05, 3.63) is 65.2 Å². The topological polar surface area (TPSA) is 58.6 Å². The molecule has 0 bridgehead atoms. The molecule has 5 heteroatoms. The molecule has 0 heterocycles. The Kier molecular flexibility index (Phi) is 8.25. The van der Waals surface area contributed by atoms with Gasteiger partial charge >= 0.3 is 0 Å². The zero-order valence-electron chi connectivity index (χ0n) is 18.1. The minimum Gasteiger partial charge on any atom is -0.483 e. The lowest BCUT2D eigenvalue weighted by Gasteiger charge is -2.29. The molecule has 0 radical (unpaired) electrons. The minimum absolute atomic E-state index is 0.113. The first kappa shape index (κ1) is 22.5. The molecule has 2 aromatic carbocycles. The van der Waals surface area contributed by atoms with E-state index in [-0.39, 0.29) is 18.4 Å². The van der Waals surface area contributed by atoms with Crippen LogP contribution in [-0.4, -0.2) is 35.9 Å². The predicted molar refractivity (Wildman–Crippen MR) is 116 cm³/mol. The molecule has 0 fully saturated rings. The Balaban J connectivity index is 2.12. The van der Waals surface area contributed by atoms with Crippen LogP contribution in [0, 0.1) is 19.8 Å². The molecule has 2 rings (SSSR count). The monoisotopic (exact) mass is 396 g/mol. The molecule has 0 saturated heterocycles. The highest BCUT2D eigenvalue weighted by Gasteiger charge is 2.26. The number of carbonyl (C=O) groups excluding carboxylic acids is 2. The molecule has 0 aromatic heterocycles. The lowest BCUT2D eigenvalue weighted by molar-refractivity contribution is -0.142. The van der Waals surface area contributed by atoms with E-state index in [9.17, 15) is 9.59 Å². The molecular formula is C24H32N2O3. The molecule has 2 aromatic rings. The van der Waals surface area contributed by atoms with Crippen LogP contribution in [0.4, 0.5) is 0 Å². The first-order valence-corrected chi connectivity index (χ1v) is 10.1.